The third-order valence-corrected chi connectivity index (χ3v) is 4.34. The topological polar surface area (TPSA) is 38.0 Å². The predicted octanol–water partition coefficient (Wildman–Crippen LogP) is 3.60. The zero-order valence-corrected chi connectivity index (χ0v) is 11.5. The van der Waals surface area contributed by atoms with E-state index in [1.807, 2.05) is 12.3 Å². The molecule has 0 saturated carbocycles. The van der Waals surface area contributed by atoms with Crippen LogP contribution >= 0.6 is 22.9 Å². The lowest BCUT2D eigenvalue weighted by Crippen LogP contribution is -2.29. The average Bonchev–Trinajstić information content (AvgIpc) is 2.75. The van der Waals surface area contributed by atoms with Crippen molar-refractivity contribution in [3.63, 3.8) is 0 Å². The van der Waals surface area contributed by atoms with Gasteiger partial charge in [-0.3, -0.25) is 11.3 Å². The Balaban J connectivity index is 2.23. The molecule has 96 valence electrons. The minimum atomic E-state index is -0.326. The summed E-state index contributed by atoms with van der Waals surface area (Å²) in [6.45, 7) is 2.04. The number of benzene rings is 1. The number of aryl methyl sites for hydroxylation is 1. The number of hydrogen-bond acceptors (Lipinski definition) is 3. The standard InChI is InChI=1S/C13H14ClFN2S/c1-8-4-5-18-13(8)12(17-16)6-9-2-3-10(15)7-11(9)14/h2-5,7,12,17H,6,16H2,1H3. The fourth-order valence-corrected chi connectivity index (χ4v) is 3.11. The van der Waals surface area contributed by atoms with E-state index < -0.39 is 0 Å². The van der Waals surface area contributed by atoms with Gasteiger partial charge in [0, 0.05) is 9.90 Å². The Labute approximate surface area is 115 Å². The van der Waals surface area contributed by atoms with Crippen LogP contribution in [0.5, 0.6) is 0 Å². The number of halogens is 2. The van der Waals surface area contributed by atoms with Crippen LogP contribution in [-0.2, 0) is 6.42 Å². The molecule has 1 atom stereocenters. The molecule has 0 spiro atoms. The van der Waals surface area contributed by atoms with Crippen molar-refractivity contribution in [1.29, 1.82) is 0 Å². The minimum Gasteiger partial charge on any atom is -0.271 e. The van der Waals surface area contributed by atoms with E-state index in [2.05, 4.69) is 11.5 Å². The fourth-order valence-electron chi connectivity index (χ4n) is 1.88. The average molecular weight is 285 g/mol. The van der Waals surface area contributed by atoms with Crippen LogP contribution in [-0.4, -0.2) is 0 Å². The summed E-state index contributed by atoms with van der Waals surface area (Å²) in [6, 6.07) is 6.48. The molecule has 0 aliphatic heterocycles. The lowest BCUT2D eigenvalue weighted by Gasteiger charge is -2.16. The van der Waals surface area contributed by atoms with Crippen LogP contribution in [0.2, 0.25) is 5.02 Å². The lowest BCUT2D eigenvalue weighted by molar-refractivity contribution is 0.557. The predicted molar refractivity (Wildman–Crippen MR) is 74.2 cm³/mol. The second-order valence-corrected chi connectivity index (χ2v) is 5.48. The van der Waals surface area contributed by atoms with E-state index in [9.17, 15) is 4.39 Å². The summed E-state index contributed by atoms with van der Waals surface area (Å²) in [5.74, 6) is 5.27. The van der Waals surface area contributed by atoms with Crippen molar-refractivity contribution in [3.8, 4) is 0 Å². The Kier molecular flexibility index (Phi) is 4.35. The van der Waals surface area contributed by atoms with E-state index in [0.29, 0.717) is 11.4 Å². The van der Waals surface area contributed by atoms with Crippen molar-refractivity contribution in [3.05, 3.63) is 56.5 Å². The maximum Gasteiger partial charge on any atom is 0.124 e. The second kappa shape index (κ2) is 5.80. The van der Waals surface area contributed by atoms with Crippen molar-refractivity contribution in [2.45, 2.75) is 19.4 Å². The fraction of sp³-hybridized carbons (Fsp3) is 0.231. The molecule has 3 N–H and O–H groups in total. The first-order chi connectivity index (χ1) is 8.61. The number of hydrogen-bond donors (Lipinski definition) is 2. The van der Waals surface area contributed by atoms with E-state index in [0.717, 1.165) is 5.56 Å². The third-order valence-electron chi connectivity index (χ3n) is 2.86. The van der Waals surface area contributed by atoms with Gasteiger partial charge in [0.15, 0.2) is 0 Å². The second-order valence-electron chi connectivity index (χ2n) is 4.13. The Bertz CT molecular complexity index is 542. The molecule has 0 fully saturated rings. The Morgan fingerprint density at radius 1 is 1.44 bits per heavy atom. The smallest absolute Gasteiger partial charge is 0.124 e. The number of thiophene rings is 1. The molecular formula is C13H14ClFN2S. The van der Waals surface area contributed by atoms with Gasteiger partial charge in [-0.2, -0.15) is 0 Å². The van der Waals surface area contributed by atoms with E-state index >= 15 is 0 Å². The molecule has 0 saturated heterocycles. The van der Waals surface area contributed by atoms with Crippen molar-refractivity contribution in [1.82, 2.24) is 5.43 Å². The molecule has 0 aliphatic rings. The molecule has 0 aliphatic carbocycles. The number of nitrogens with one attached hydrogen (secondary N) is 1. The first kappa shape index (κ1) is 13.5. The van der Waals surface area contributed by atoms with Crippen LogP contribution in [0.25, 0.3) is 0 Å². The van der Waals surface area contributed by atoms with Gasteiger partial charge in [0.05, 0.1) is 6.04 Å². The third kappa shape index (κ3) is 2.90. The molecule has 1 heterocycles. The summed E-state index contributed by atoms with van der Waals surface area (Å²) in [7, 11) is 0. The minimum absolute atomic E-state index is 0.00652. The first-order valence-corrected chi connectivity index (χ1v) is 6.81. The molecule has 1 unspecified atom stereocenters. The highest BCUT2D eigenvalue weighted by Gasteiger charge is 2.16. The molecule has 2 rings (SSSR count). The summed E-state index contributed by atoms with van der Waals surface area (Å²) < 4.78 is 13.0. The highest BCUT2D eigenvalue weighted by molar-refractivity contribution is 7.10. The highest BCUT2D eigenvalue weighted by Crippen LogP contribution is 2.28. The monoisotopic (exact) mass is 284 g/mol. The molecule has 1 aromatic heterocycles. The summed E-state index contributed by atoms with van der Waals surface area (Å²) in [5.41, 5.74) is 4.87. The number of hydrazine groups is 1. The normalized spacial score (nSPS) is 12.7. The van der Waals surface area contributed by atoms with Gasteiger partial charge < -0.3 is 0 Å². The van der Waals surface area contributed by atoms with E-state index in [1.165, 1.54) is 22.6 Å². The van der Waals surface area contributed by atoms with Crippen molar-refractivity contribution < 1.29 is 4.39 Å². The maximum absolute atomic E-state index is 13.0. The Morgan fingerprint density at radius 2 is 2.22 bits per heavy atom. The van der Waals surface area contributed by atoms with Gasteiger partial charge in [-0.25, -0.2) is 4.39 Å². The zero-order chi connectivity index (χ0) is 13.1. The molecule has 0 amide bonds. The van der Waals surface area contributed by atoms with E-state index in [1.54, 1.807) is 17.4 Å². The van der Waals surface area contributed by atoms with Gasteiger partial charge >= 0.3 is 0 Å². The Morgan fingerprint density at radius 3 is 2.78 bits per heavy atom. The summed E-state index contributed by atoms with van der Waals surface area (Å²) in [6.07, 6.45) is 0.636. The van der Waals surface area contributed by atoms with Gasteiger partial charge in [0.1, 0.15) is 5.82 Å². The van der Waals surface area contributed by atoms with Crippen molar-refractivity contribution >= 4 is 22.9 Å². The molecule has 2 nitrogen and oxygen atoms in total. The van der Waals surface area contributed by atoms with Crippen LogP contribution in [0.1, 0.15) is 22.0 Å². The van der Waals surface area contributed by atoms with Crippen molar-refractivity contribution in [2.75, 3.05) is 0 Å². The van der Waals surface area contributed by atoms with Gasteiger partial charge in [0.2, 0.25) is 0 Å². The quantitative estimate of drug-likeness (QED) is 0.665. The molecule has 1 aromatic carbocycles. The van der Waals surface area contributed by atoms with E-state index in [4.69, 9.17) is 17.4 Å². The van der Waals surface area contributed by atoms with Gasteiger partial charge in [-0.1, -0.05) is 17.7 Å². The Hall–Kier alpha value is -0.940. The summed E-state index contributed by atoms with van der Waals surface area (Å²) in [4.78, 5) is 1.18. The van der Waals surface area contributed by atoms with Crippen LogP contribution in [0.3, 0.4) is 0 Å². The molecule has 5 heteroatoms. The highest BCUT2D eigenvalue weighted by atomic mass is 35.5. The summed E-state index contributed by atoms with van der Waals surface area (Å²) >= 11 is 7.68. The zero-order valence-electron chi connectivity index (χ0n) is 9.91. The van der Waals surface area contributed by atoms with Crippen LogP contribution in [0, 0.1) is 12.7 Å². The molecule has 2 aromatic rings. The van der Waals surface area contributed by atoms with Gasteiger partial charge in [-0.15, -0.1) is 11.3 Å². The van der Waals surface area contributed by atoms with Crippen LogP contribution in [0.4, 0.5) is 4.39 Å². The molecule has 0 radical (unpaired) electrons. The lowest BCUT2D eigenvalue weighted by atomic mass is 10.0. The van der Waals surface area contributed by atoms with Crippen LogP contribution < -0.4 is 11.3 Å². The number of nitrogens with two attached hydrogens (primary N) is 1. The van der Waals surface area contributed by atoms with Crippen LogP contribution in [0.15, 0.2) is 29.6 Å². The first-order valence-electron chi connectivity index (χ1n) is 5.56. The maximum atomic E-state index is 13.0. The molecule has 18 heavy (non-hydrogen) atoms. The summed E-state index contributed by atoms with van der Waals surface area (Å²) in [5, 5.41) is 2.46. The van der Waals surface area contributed by atoms with Gasteiger partial charge in [-0.05, 0) is 48.1 Å². The SMILES string of the molecule is Cc1ccsc1C(Cc1ccc(F)cc1Cl)NN. The molecular weight excluding hydrogens is 271 g/mol. The number of rotatable bonds is 4. The van der Waals surface area contributed by atoms with Crippen molar-refractivity contribution in [2.24, 2.45) is 5.84 Å². The largest absolute Gasteiger partial charge is 0.271 e. The van der Waals surface area contributed by atoms with E-state index in [-0.39, 0.29) is 11.9 Å². The molecule has 0 bridgehead atoms. The van der Waals surface area contributed by atoms with Gasteiger partial charge in [0.25, 0.3) is 0 Å².